The van der Waals surface area contributed by atoms with Gasteiger partial charge in [0.05, 0.1) is 22.8 Å². The van der Waals surface area contributed by atoms with Crippen molar-refractivity contribution in [3.8, 4) is 11.1 Å². The summed E-state index contributed by atoms with van der Waals surface area (Å²) in [6.07, 6.45) is 1.68. The van der Waals surface area contributed by atoms with Gasteiger partial charge in [0.15, 0.2) is 5.82 Å². The van der Waals surface area contributed by atoms with Gasteiger partial charge in [-0.1, -0.05) is 78.3 Å². The predicted octanol–water partition coefficient (Wildman–Crippen LogP) is 7.56. The largest absolute Gasteiger partial charge is 0.338 e. The number of hydrogen-bond donors (Lipinski definition) is 2. The highest BCUT2D eigenvalue weighted by atomic mass is 35.5. The van der Waals surface area contributed by atoms with Crippen molar-refractivity contribution in [1.82, 2.24) is 4.98 Å². The van der Waals surface area contributed by atoms with Crippen molar-refractivity contribution in [1.29, 1.82) is 0 Å². The first kappa shape index (κ1) is 24.4. The third-order valence-electron chi connectivity index (χ3n) is 6.64. The number of hydrogen-bond acceptors (Lipinski definition) is 4. The van der Waals surface area contributed by atoms with E-state index in [0.717, 1.165) is 22.4 Å². The molecule has 2 amide bonds. The normalized spacial score (nSPS) is 12.0. The van der Waals surface area contributed by atoms with Gasteiger partial charge in [-0.25, -0.2) is 4.98 Å². The Labute approximate surface area is 230 Å². The van der Waals surface area contributed by atoms with Crippen molar-refractivity contribution >= 4 is 46.3 Å². The molecule has 2 heterocycles. The van der Waals surface area contributed by atoms with Crippen LogP contribution < -0.4 is 15.5 Å². The monoisotopic (exact) mass is 530 g/mol. The molecular formula is C32H23ClN4O2. The number of nitrogens with zero attached hydrogens (tertiary/aromatic N) is 2. The van der Waals surface area contributed by atoms with Gasteiger partial charge in [0, 0.05) is 23.1 Å². The summed E-state index contributed by atoms with van der Waals surface area (Å²) in [5, 5.41) is 6.50. The van der Waals surface area contributed by atoms with Crippen LogP contribution in [0.1, 0.15) is 26.3 Å². The molecule has 0 atom stereocenters. The van der Waals surface area contributed by atoms with Crippen LogP contribution in [-0.2, 0) is 6.54 Å². The van der Waals surface area contributed by atoms with Crippen molar-refractivity contribution in [3.63, 3.8) is 0 Å². The number of benzene rings is 4. The summed E-state index contributed by atoms with van der Waals surface area (Å²) in [6, 6.07) is 33.6. The number of amides is 2. The van der Waals surface area contributed by atoms with Gasteiger partial charge in [-0.05, 0) is 59.2 Å². The predicted molar refractivity (Wildman–Crippen MR) is 156 cm³/mol. The van der Waals surface area contributed by atoms with Gasteiger partial charge in [-0.3, -0.25) is 9.59 Å². The lowest BCUT2D eigenvalue weighted by atomic mass is 9.99. The van der Waals surface area contributed by atoms with Crippen LogP contribution in [0.15, 0.2) is 115 Å². The Morgan fingerprint density at radius 2 is 1.59 bits per heavy atom. The molecule has 6 rings (SSSR count). The van der Waals surface area contributed by atoms with Crippen molar-refractivity contribution in [3.05, 3.63) is 137 Å². The molecule has 0 aliphatic carbocycles. The number of carbonyl (C=O) groups excluding carboxylic acids is 2. The van der Waals surface area contributed by atoms with Crippen LogP contribution >= 0.6 is 11.6 Å². The molecular weight excluding hydrogens is 508 g/mol. The number of halogens is 1. The third-order valence-corrected chi connectivity index (χ3v) is 6.95. The van der Waals surface area contributed by atoms with E-state index in [1.54, 1.807) is 41.4 Å². The van der Waals surface area contributed by atoms with E-state index in [1.807, 2.05) is 78.9 Å². The minimum atomic E-state index is -0.264. The molecule has 0 bridgehead atoms. The summed E-state index contributed by atoms with van der Waals surface area (Å²) in [5.74, 6) is 0.0627. The third kappa shape index (κ3) is 4.85. The first-order chi connectivity index (χ1) is 19.1. The molecule has 0 saturated carbocycles. The molecule has 4 aromatic carbocycles. The van der Waals surface area contributed by atoms with Gasteiger partial charge >= 0.3 is 0 Å². The average Bonchev–Trinajstić information content (AvgIpc) is 3.14. The number of rotatable bonds is 4. The molecule has 1 aromatic heterocycles. The lowest BCUT2D eigenvalue weighted by Crippen LogP contribution is -2.30. The van der Waals surface area contributed by atoms with Crippen LogP contribution in [0, 0.1) is 0 Å². The summed E-state index contributed by atoms with van der Waals surface area (Å²) in [5.41, 5.74) is 5.65. The number of anilines is 4. The van der Waals surface area contributed by atoms with E-state index in [4.69, 9.17) is 11.6 Å². The lowest BCUT2D eigenvalue weighted by molar-refractivity contribution is 0.0984. The Hall–Kier alpha value is -4.94. The van der Waals surface area contributed by atoms with Gasteiger partial charge in [0.2, 0.25) is 0 Å². The molecule has 5 aromatic rings. The zero-order chi connectivity index (χ0) is 26.8. The topological polar surface area (TPSA) is 74.3 Å². The molecule has 0 fully saturated rings. The molecule has 0 spiro atoms. The van der Waals surface area contributed by atoms with E-state index in [-0.39, 0.29) is 16.8 Å². The van der Waals surface area contributed by atoms with Crippen LogP contribution in [0.2, 0.25) is 5.02 Å². The van der Waals surface area contributed by atoms with Crippen LogP contribution in [0.3, 0.4) is 0 Å². The highest BCUT2D eigenvalue weighted by molar-refractivity contribution is 6.35. The van der Waals surface area contributed by atoms with Crippen molar-refractivity contribution in [2.45, 2.75) is 6.54 Å². The lowest BCUT2D eigenvalue weighted by Gasteiger charge is -2.23. The number of aromatic nitrogens is 1. The van der Waals surface area contributed by atoms with Crippen LogP contribution in [-0.4, -0.2) is 16.8 Å². The first-order valence-electron chi connectivity index (χ1n) is 12.5. The molecule has 7 heteroatoms. The zero-order valence-corrected chi connectivity index (χ0v) is 21.5. The number of para-hydroxylation sites is 1. The number of carbonyl (C=O) groups is 2. The second kappa shape index (κ2) is 10.4. The fourth-order valence-corrected chi connectivity index (χ4v) is 4.98. The molecule has 0 radical (unpaired) electrons. The van der Waals surface area contributed by atoms with E-state index in [2.05, 4.69) is 15.6 Å². The molecule has 1 aliphatic rings. The quantitative estimate of drug-likeness (QED) is 0.251. The van der Waals surface area contributed by atoms with Crippen molar-refractivity contribution in [2.24, 2.45) is 0 Å². The minimum Gasteiger partial charge on any atom is -0.338 e. The summed E-state index contributed by atoms with van der Waals surface area (Å²) < 4.78 is 0. The SMILES string of the molecule is O=C(Nc1ccc(C(=O)N2Cc3ccccc3Nc3ncccc32)c(Cl)c1)c1ccccc1-c1ccccc1. The Kier molecular flexibility index (Phi) is 6.53. The maximum absolute atomic E-state index is 13.8. The molecule has 39 heavy (non-hydrogen) atoms. The molecule has 6 nitrogen and oxygen atoms in total. The number of pyridine rings is 1. The fourth-order valence-electron chi connectivity index (χ4n) is 4.72. The standard InChI is InChI=1S/C32H23ClN4O2/c33-27-19-23(35-31(38)25-13-6-5-12-24(25)21-9-2-1-3-10-21)16-17-26(27)32(39)37-20-22-11-4-7-14-28(22)36-30-29(37)15-8-18-34-30/h1-19H,20H2,(H,34,36)(H,35,38). The highest BCUT2D eigenvalue weighted by Gasteiger charge is 2.27. The molecule has 2 N–H and O–H groups in total. The van der Waals surface area contributed by atoms with Crippen LogP contribution in [0.5, 0.6) is 0 Å². The second-order valence-corrected chi connectivity index (χ2v) is 9.51. The smallest absolute Gasteiger partial charge is 0.260 e. The van der Waals surface area contributed by atoms with Gasteiger partial charge < -0.3 is 15.5 Å². The van der Waals surface area contributed by atoms with E-state index >= 15 is 0 Å². The fraction of sp³-hybridized carbons (Fsp3) is 0.0312. The summed E-state index contributed by atoms with van der Waals surface area (Å²) >= 11 is 6.64. The van der Waals surface area contributed by atoms with Gasteiger partial charge in [0.1, 0.15) is 0 Å². The van der Waals surface area contributed by atoms with Gasteiger partial charge in [-0.2, -0.15) is 0 Å². The molecule has 0 saturated heterocycles. The number of fused-ring (bicyclic) bond motifs is 2. The van der Waals surface area contributed by atoms with Crippen molar-refractivity contribution in [2.75, 3.05) is 15.5 Å². The van der Waals surface area contributed by atoms with Crippen LogP contribution in [0.4, 0.5) is 22.9 Å². The zero-order valence-electron chi connectivity index (χ0n) is 20.8. The highest BCUT2D eigenvalue weighted by Crippen LogP contribution is 2.36. The Bertz CT molecular complexity index is 1700. The van der Waals surface area contributed by atoms with E-state index in [0.29, 0.717) is 34.9 Å². The molecule has 0 unspecified atom stereocenters. The van der Waals surface area contributed by atoms with E-state index in [9.17, 15) is 9.59 Å². The Morgan fingerprint density at radius 1 is 0.821 bits per heavy atom. The Morgan fingerprint density at radius 3 is 2.44 bits per heavy atom. The van der Waals surface area contributed by atoms with Gasteiger partial charge in [0.25, 0.3) is 11.8 Å². The molecule has 190 valence electrons. The van der Waals surface area contributed by atoms with E-state index < -0.39 is 0 Å². The van der Waals surface area contributed by atoms with E-state index in [1.165, 1.54) is 0 Å². The van der Waals surface area contributed by atoms with Gasteiger partial charge in [-0.15, -0.1) is 0 Å². The maximum Gasteiger partial charge on any atom is 0.260 e. The van der Waals surface area contributed by atoms with Crippen molar-refractivity contribution < 1.29 is 9.59 Å². The molecule has 1 aliphatic heterocycles. The average molecular weight is 531 g/mol. The second-order valence-electron chi connectivity index (χ2n) is 9.10. The summed E-state index contributed by atoms with van der Waals surface area (Å²) in [4.78, 5) is 33.1. The minimum absolute atomic E-state index is 0.241. The summed E-state index contributed by atoms with van der Waals surface area (Å²) in [6.45, 7) is 0.353. The Balaban J connectivity index is 1.28. The first-order valence-corrected chi connectivity index (χ1v) is 12.8. The van der Waals surface area contributed by atoms with Crippen LogP contribution in [0.25, 0.3) is 11.1 Å². The maximum atomic E-state index is 13.8. The number of nitrogens with one attached hydrogen (secondary N) is 2. The summed E-state index contributed by atoms with van der Waals surface area (Å²) in [7, 11) is 0.